The Kier molecular flexibility index (Phi) is 2.84. The highest BCUT2D eigenvalue weighted by atomic mass is 19.3. The van der Waals surface area contributed by atoms with Gasteiger partial charge in [0.25, 0.3) is 6.43 Å². The highest BCUT2D eigenvalue weighted by Crippen LogP contribution is 2.34. The fourth-order valence-electron chi connectivity index (χ4n) is 2.13. The third-order valence-corrected chi connectivity index (χ3v) is 3.06. The molecule has 6 heteroatoms. The van der Waals surface area contributed by atoms with Crippen LogP contribution in [0.3, 0.4) is 0 Å². The van der Waals surface area contributed by atoms with Crippen molar-refractivity contribution in [2.75, 3.05) is 5.73 Å². The predicted octanol–water partition coefficient (Wildman–Crippen LogP) is 2.01. The fraction of sp³-hybridized carbons (Fsp3) is 0.700. The van der Waals surface area contributed by atoms with Gasteiger partial charge in [0.2, 0.25) is 0 Å². The minimum Gasteiger partial charge on any atom is -0.396 e. The van der Waals surface area contributed by atoms with Crippen molar-refractivity contribution in [3.05, 3.63) is 11.9 Å². The van der Waals surface area contributed by atoms with Gasteiger partial charge in [0.1, 0.15) is 0 Å². The summed E-state index contributed by atoms with van der Waals surface area (Å²) >= 11 is 0. The largest absolute Gasteiger partial charge is 0.396 e. The Morgan fingerprint density at radius 3 is 2.50 bits per heavy atom. The quantitative estimate of drug-likeness (QED) is 0.818. The summed E-state index contributed by atoms with van der Waals surface area (Å²) in [5.41, 5.74) is 3.79. The molecule has 1 aromatic heterocycles. The normalized spacial score (nSPS) is 20.2. The van der Waals surface area contributed by atoms with E-state index in [9.17, 15) is 13.9 Å². The Labute approximate surface area is 92.1 Å². The molecule has 90 valence electrons. The first-order chi connectivity index (χ1) is 7.53. The monoisotopic (exact) mass is 231 g/mol. The SMILES string of the molecule is Nc1cn(C2(O)CCCCC2)nc1C(F)F. The van der Waals surface area contributed by atoms with E-state index in [0.29, 0.717) is 12.8 Å². The molecule has 1 fully saturated rings. The van der Waals surface area contributed by atoms with Crippen LogP contribution in [0, 0.1) is 0 Å². The number of anilines is 1. The summed E-state index contributed by atoms with van der Waals surface area (Å²) in [6.45, 7) is 0. The molecule has 0 aromatic carbocycles. The molecule has 16 heavy (non-hydrogen) atoms. The highest BCUT2D eigenvalue weighted by Gasteiger charge is 2.33. The summed E-state index contributed by atoms with van der Waals surface area (Å²) in [6, 6.07) is 0. The van der Waals surface area contributed by atoms with Crippen LogP contribution in [0.4, 0.5) is 14.5 Å². The summed E-state index contributed by atoms with van der Waals surface area (Å²) in [5.74, 6) is 0. The van der Waals surface area contributed by atoms with Crippen LogP contribution in [-0.2, 0) is 5.72 Å². The molecule has 0 unspecified atom stereocenters. The molecule has 0 atom stereocenters. The summed E-state index contributed by atoms with van der Waals surface area (Å²) in [6.07, 6.45) is 2.48. The number of alkyl halides is 2. The van der Waals surface area contributed by atoms with Gasteiger partial charge in [-0.05, 0) is 25.7 Å². The van der Waals surface area contributed by atoms with Gasteiger partial charge in [0.15, 0.2) is 11.4 Å². The molecular weight excluding hydrogens is 216 g/mol. The van der Waals surface area contributed by atoms with Crippen molar-refractivity contribution < 1.29 is 13.9 Å². The standard InChI is InChI=1S/C10H15F2N3O/c11-9(12)8-7(13)6-15(14-8)10(16)4-2-1-3-5-10/h6,9,16H,1-5,13H2. The third-order valence-electron chi connectivity index (χ3n) is 3.06. The van der Waals surface area contributed by atoms with Crippen molar-refractivity contribution in [1.29, 1.82) is 0 Å². The highest BCUT2D eigenvalue weighted by molar-refractivity contribution is 5.41. The van der Waals surface area contributed by atoms with E-state index in [0.717, 1.165) is 19.3 Å². The zero-order valence-corrected chi connectivity index (χ0v) is 8.87. The molecule has 0 saturated heterocycles. The summed E-state index contributed by atoms with van der Waals surface area (Å²) in [5, 5.41) is 14.0. The Balaban J connectivity index is 2.29. The van der Waals surface area contributed by atoms with Gasteiger partial charge in [-0.2, -0.15) is 5.10 Å². The Bertz CT molecular complexity index is 372. The third kappa shape index (κ3) is 1.89. The van der Waals surface area contributed by atoms with E-state index in [2.05, 4.69) is 5.10 Å². The number of nitrogens with two attached hydrogens (primary N) is 1. The van der Waals surface area contributed by atoms with Gasteiger partial charge in [-0.15, -0.1) is 0 Å². The number of hydrogen-bond donors (Lipinski definition) is 2. The molecule has 0 aliphatic heterocycles. The van der Waals surface area contributed by atoms with Crippen molar-refractivity contribution in [3.8, 4) is 0 Å². The van der Waals surface area contributed by atoms with Crippen LogP contribution in [0.15, 0.2) is 6.20 Å². The molecule has 0 spiro atoms. The zero-order chi connectivity index (χ0) is 11.8. The van der Waals surface area contributed by atoms with Gasteiger partial charge in [-0.25, -0.2) is 13.5 Å². The molecule has 1 aromatic rings. The lowest BCUT2D eigenvalue weighted by Gasteiger charge is -2.32. The van der Waals surface area contributed by atoms with E-state index in [1.54, 1.807) is 0 Å². The van der Waals surface area contributed by atoms with Gasteiger partial charge >= 0.3 is 0 Å². The van der Waals surface area contributed by atoms with E-state index in [-0.39, 0.29) is 5.69 Å². The van der Waals surface area contributed by atoms with E-state index in [1.807, 2.05) is 0 Å². The van der Waals surface area contributed by atoms with Gasteiger partial charge < -0.3 is 10.8 Å². The second-order valence-corrected chi connectivity index (χ2v) is 4.26. The Morgan fingerprint density at radius 2 is 2.00 bits per heavy atom. The summed E-state index contributed by atoms with van der Waals surface area (Å²) in [4.78, 5) is 0. The van der Waals surface area contributed by atoms with E-state index >= 15 is 0 Å². The number of rotatable bonds is 2. The zero-order valence-electron chi connectivity index (χ0n) is 8.87. The molecule has 0 bridgehead atoms. The van der Waals surface area contributed by atoms with Crippen LogP contribution in [0.2, 0.25) is 0 Å². The minimum absolute atomic E-state index is 0.0611. The predicted molar refractivity (Wildman–Crippen MR) is 54.9 cm³/mol. The van der Waals surface area contributed by atoms with Gasteiger partial charge in [-0.3, -0.25) is 0 Å². The van der Waals surface area contributed by atoms with E-state index < -0.39 is 17.8 Å². The number of nitrogen functional groups attached to an aromatic ring is 1. The maximum Gasteiger partial charge on any atom is 0.284 e. The van der Waals surface area contributed by atoms with Crippen LogP contribution in [0.5, 0.6) is 0 Å². The van der Waals surface area contributed by atoms with E-state index in [4.69, 9.17) is 5.73 Å². The van der Waals surface area contributed by atoms with Crippen molar-refractivity contribution >= 4 is 5.69 Å². The van der Waals surface area contributed by atoms with Crippen LogP contribution >= 0.6 is 0 Å². The number of aliphatic hydroxyl groups is 1. The minimum atomic E-state index is -2.70. The van der Waals surface area contributed by atoms with Crippen molar-refractivity contribution in [2.24, 2.45) is 0 Å². The smallest absolute Gasteiger partial charge is 0.284 e. The molecule has 0 amide bonds. The molecule has 1 aliphatic rings. The lowest BCUT2D eigenvalue weighted by Crippen LogP contribution is -2.36. The van der Waals surface area contributed by atoms with Crippen LogP contribution < -0.4 is 5.73 Å². The van der Waals surface area contributed by atoms with Crippen molar-refractivity contribution in [1.82, 2.24) is 9.78 Å². The maximum atomic E-state index is 12.5. The number of hydrogen-bond acceptors (Lipinski definition) is 3. The first-order valence-electron chi connectivity index (χ1n) is 5.39. The molecule has 1 heterocycles. The first kappa shape index (κ1) is 11.3. The van der Waals surface area contributed by atoms with Gasteiger partial charge in [0.05, 0.1) is 11.9 Å². The molecule has 4 nitrogen and oxygen atoms in total. The average Bonchev–Trinajstić information content (AvgIpc) is 2.62. The molecular formula is C10H15F2N3O. The van der Waals surface area contributed by atoms with Crippen molar-refractivity contribution in [3.63, 3.8) is 0 Å². The number of aromatic nitrogens is 2. The fourth-order valence-corrected chi connectivity index (χ4v) is 2.13. The Hall–Kier alpha value is -1.17. The Morgan fingerprint density at radius 1 is 1.38 bits per heavy atom. The average molecular weight is 231 g/mol. The lowest BCUT2D eigenvalue weighted by molar-refractivity contribution is -0.0802. The van der Waals surface area contributed by atoms with Crippen LogP contribution in [0.25, 0.3) is 0 Å². The first-order valence-corrected chi connectivity index (χ1v) is 5.39. The van der Waals surface area contributed by atoms with E-state index in [1.165, 1.54) is 10.9 Å². The topological polar surface area (TPSA) is 64.1 Å². The molecule has 2 rings (SSSR count). The second-order valence-electron chi connectivity index (χ2n) is 4.26. The van der Waals surface area contributed by atoms with Crippen molar-refractivity contribution in [2.45, 2.75) is 44.3 Å². The number of nitrogens with zero attached hydrogens (tertiary/aromatic N) is 2. The lowest BCUT2D eigenvalue weighted by atomic mass is 9.92. The number of halogens is 2. The second kappa shape index (κ2) is 4.01. The summed E-state index contributed by atoms with van der Waals surface area (Å²) < 4.78 is 26.2. The van der Waals surface area contributed by atoms with Crippen LogP contribution in [0.1, 0.15) is 44.2 Å². The molecule has 1 saturated carbocycles. The van der Waals surface area contributed by atoms with Gasteiger partial charge in [0, 0.05) is 0 Å². The summed E-state index contributed by atoms with van der Waals surface area (Å²) in [7, 11) is 0. The molecule has 0 radical (unpaired) electrons. The molecule has 3 N–H and O–H groups in total. The molecule has 1 aliphatic carbocycles. The van der Waals surface area contributed by atoms with Gasteiger partial charge in [-0.1, -0.05) is 6.42 Å². The maximum absolute atomic E-state index is 12.5. The van der Waals surface area contributed by atoms with Crippen LogP contribution in [-0.4, -0.2) is 14.9 Å².